The summed E-state index contributed by atoms with van der Waals surface area (Å²) in [5.74, 6) is -9.85. The minimum absolute atomic E-state index is 0.00179. The monoisotopic (exact) mass is 1520 g/mol. The van der Waals surface area contributed by atoms with Crippen molar-refractivity contribution in [2.24, 2.45) is 22.9 Å². The number of amides is 9. The van der Waals surface area contributed by atoms with Crippen molar-refractivity contribution >= 4 is 111 Å². The molecule has 1 spiro atoms. The Hall–Kier alpha value is -12.1. The van der Waals surface area contributed by atoms with E-state index < -0.39 is 150 Å². The number of anilines is 1. The molecule has 5 aromatic rings. The number of unbranched alkanes of at least 4 members (excludes halogenated alkanes) is 1. The number of rotatable bonds is 26. The quantitative estimate of drug-likeness (QED) is 0.0111. The lowest BCUT2D eigenvalue weighted by Gasteiger charge is -2.38. The Balaban J connectivity index is 0.941. The molecule has 0 aromatic heterocycles. The maximum Gasteiger partial charge on any atom is 0.340 e. The Morgan fingerprint density at radius 3 is 1.66 bits per heavy atom. The molecule has 109 heavy (non-hydrogen) atoms. The second kappa shape index (κ2) is 37.4. The first kappa shape index (κ1) is 81.0. The van der Waals surface area contributed by atoms with E-state index in [1.165, 1.54) is 36.1 Å². The molecule has 5 aromatic carbocycles. The zero-order valence-corrected chi connectivity index (χ0v) is 60.8. The van der Waals surface area contributed by atoms with Crippen LogP contribution in [0.2, 0.25) is 0 Å². The third-order valence-electron chi connectivity index (χ3n) is 19.1. The number of hydrogen-bond donors (Lipinski definition) is 22. The molecule has 0 radical (unpaired) electrons. The molecule has 0 bridgehead atoms. The highest BCUT2D eigenvalue weighted by Gasteiger charge is 2.54. The summed E-state index contributed by atoms with van der Waals surface area (Å²) in [7, 11) is 0. The van der Waals surface area contributed by atoms with Gasteiger partial charge in [0.1, 0.15) is 71.3 Å². The fraction of sp³-hybridized carbons (Fsp3) is 0.425. The lowest BCUT2D eigenvalue weighted by atomic mass is 9.77. The summed E-state index contributed by atoms with van der Waals surface area (Å²) in [6.07, 6.45) is -1.61. The number of fused-ring (bicyclic) bond motifs is 8. The van der Waals surface area contributed by atoms with Crippen molar-refractivity contribution in [1.29, 1.82) is 16.2 Å². The van der Waals surface area contributed by atoms with Crippen LogP contribution in [0.15, 0.2) is 97.1 Å². The van der Waals surface area contributed by atoms with Gasteiger partial charge in [0.2, 0.25) is 53.2 Å². The molecule has 35 nitrogen and oxygen atoms in total. The number of aliphatic hydroxyl groups is 1. The molecule has 582 valence electrons. The number of phenolic OH excluding ortho intramolecular Hbond substituents is 2. The minimum Gasteiger partial charge on any atom is -0.508 e. The highest BCUT2D eigenvalue weighted by molar-refractivity contribution is 7.80. The number of aliphatic hydroxyl groups excluding tert-OH is 1. The van der Waals surface area contributed by atoms with Gasteiger partial charge < -0.3 is 116 Å². The van der Waals surface area contributed by atoms with Crippen LogP contribution in [-0.4, -0.2) is 190 Å². The Bertz CT molecular complexity index is 4240. The lowest BCUT2D eigenvalue weighted by Crippen LogP contribution is -2.63. The van der Waals surface area contributed by atoms with Crippen molar-refractivity contribution in [2.75, 3.05) is 38.0 Å². The van der Waals surface area contributed by atoms with Gasteiger partial charge >= 0.3 is 5.97 Å². The van der Waals surface area contributed by atoms with Gasteiger partial charge in [-0.15, -0.1) is 0 Å². The summed E-state index contributed by atoms with van der Waals surface area (Å²) in [6, 6.07) is 14.6. The zero-order valence-electron chi connectivity index (χ0n) is 60.0. The van der Waals surface area contributed by atoms with Crippen molar-refractivity contribution < 1.29 is 72.7 Å². The topological polar surface area (TPSA) is 573 Å². The number of nitrogens with zero attached hydrogens (tertiary/aromatic N) is 1. The molecule has 26 N–H and O–H groups in total. The summed E-state index contributed by atoms with van der Waals surface area (Å²) in [6.45, 7) is 1.54. The van der Waals surface area contributed by atoms with Gasteiger partial charge in [-0.25, -0.2) is 4.79 Å². The fourth-order valence-electron chi connectivity index (χ4n) is 13.6. The van der Waals surface area contributed by atoms with E-state index in [-0.39, 0.29) is 124 Å². The van der Waals surface area contributed by atoms with E-state index in [4.69, 9.17) is 60.9 Å². The number of carbonyl (C=O) groups excluding carboxylic acids is 10. The minimum atomic E-state index is -1.74. The maximum atomic E-state index is 15.1. The summed E-state index contributed by atoms with van der Waals surface area (Å²) in [4.78, 5) is 146. The van der Waals surface area contributed by atoms with E-state index >= 15 is 14.4 Å². The molecule has 0 unspecified atom stereocenters. The van der Waals surface area contributed by atoms with Crippen molar-refractivity contribution in [3.05, 3.63) is 125 Å². The van der Waals surface area contributed by atoms with E-state index in [9.17, 15) is 48.9 Å². The number of thiocarbonyl (C=S) groups is 1. The molecule has 0 aliphatic carbocycles. The smallest absolute Gasteiger partial charge is 0.340 e. The fourth-order valence-corrected chi connectivity index (χ4v) is 13.8. The Labute approximate surface area is 632 Å². The number of phenols is 2. The predicted molar refractivity (Wildman–Crippen MR) is 404 cm³/mol. The molecule has 4 aliphatic rings. The molecule has 4 aliphatic heterocycles. The van der Waals surface area contributed by atoms with E-state index in [1.54, 1.807) is 36.4 Å². The van der Waals surface area contributed by atoms with Crippen LogP contribution in [0.4, 0.5) is 5.69 Å². The first-order chi connectivity index (χ1) is 52.1. The van der Waals surface area contributed by atoms with Gasteiger partial charge in [0, 0.05) is 80.1 Å². The van der Waals surface area contributed by atoms with Gasteiger partial charge in [0.05, 0.1) is 11.7 Å². The van der Waals surface area contributed by atoms with Crippen LogP contribution >= 0.6 is 12.2 Å². The standard InChI is InChI=1S/C73H94N20O15S/c1-38(94)59-67(105)93-32-7-5-17-55(93)66(104)91-54(34-39-18-19-40-11-2-3-12-41(40)33-39)65(103)89-51(15-9-30-82-70(77)78)62(100)90-53(63(101)87-50(14-8-29-81-69(75)76)61(99)88-52(64(102)92-59)16-10-31-83-71(79)80)26-27-58(97)86-49(60(74)98)13-4-6-28-84-72(109)85-42-20-23-46-45(35-42)68(106)108-73(46)47-24-21-43(95)36-56(47)107-57-37-44(96)22-25-48(57)73/h2-3,11-12,18-25,33,35-38,49-55,59,94-96H,4-10,13-17,26-32,34H2,1H3,(H2,74,98)(H,86,97)(H,87,101)(H,88,99)(H,89,103)(H,90,100)(H,91,104)(H,92,102)(H4,75,76,81)(H4,77,78,82)(H4,79,80,83)(H2,84,85,109)/t38-,49+,50-,51+,52-,53+,54+,55+,59-/m1/s1. The lowest BCUT2D eigenvalue weighted by molar-refractivity contribution is -0.148. The third-order valence-corrected chi connectivity index (χ3v) is 19.3. The average molecular weight is 1520 g/mol. The summed E-state index contributed by atoms with van der Waals surface area (Å²) in [5.41, 5.74) is 23.7. The van der Waals surface area contributed by atoms with Crippen LogP contribution < -0.4 is 91.5 Å². The predicted octanol–water partition coefficient (Wildman–Crippen LogP) is -0.257. The van der Waals surface area contributed by atoms with Crippen molar-refractivity contribution in [3.63, 3.8) is 0 Å². The number of nitrogens with two attached hydrogens (primary N) is 4. The summed E-state index contributed by atoms with van der Waals surface area (Å²) >= 11 is 5.61. The first-order valence-corrected chi connectivity index (χ1v) is 36.4. The zero-order chi connectivity index (χ0) is 78.6. The number of esters is 1. The molecular formula is C73H94N20O15S. The summed E-state index contributed by atoms with van der Waals surface area (Å²) in [5, 5.41) is 89.7. The molecule has 2 saturated heterocycles. The number of nitrogens with one attached hydrogen (secondary N) is 15. The number of carbonyl (C=O) groups is 10. The second-order valence-electron chi connectivity index (χ2n) is 27.1. The van der Waals surface area contributed by atoms with Gasteiger partial charge in [-0.3, -0.25) is 59.4 Å². The Morgan fingerprint density at radius 2 is 1.11 bits per heavy atom. The first-order valence-electron chi connectivity index (χ1n) is 36.0. The third kappa shape index (κ3) is 21.4. The number of ether oxygens (including phenoxy) is 2. The molecular weight excluding hydrogens is 1430 g/mol. The van der Waals surface area contributed by atoms with Crippen LogP contribution in [0.5, 0.6) is 23.0 Å². The number of piperidine rings is 1. The van der Waals surface area contributed by atoms with Crippen molar-refractivity contribution in [2.45, 2.75) is 163 Å². The highest BCUT2D eigenvalue weighted by atomic mass is 32.1. The number of guanidine groups is 3. The normalized spacial score (nSPS) is 20.6. The molecule has 0 saturated carbocycles. The largest absolute Gasteiger partial charge is 0.508 e. The van der Waals surface area contributed by atoms with Gasteiger partial charge in [0.25, 0.3) is 0 Å². The van der Waals surface area contributed by atoms with Gasteiger partial charge in [-0.1, -0.05) is 48.5 Å². The highest BCUT2D eigenvalue weighted by Crippen LogP contribution is 2.57. The van der Waals surface area contributed by atoms with Gasteiger partial charge in [-0.2, -0.15) is 0 Å². The van der Waals surface area contributed by atoms with Gasteiger partial charge in [-0.05, 0) is 155 Å². The van der Waals surface area contributed by atoms with Crippen LogP contribution in [-0.2, 0) is 59.9 Å². The van der Waals surface area contributed by atoms with Crippen LogP contribution in [0.25, 0.3) is 10.8 Å². The number of benzene rings is 5. The molecule has 9 amide bonds. The van der Waals surface area contributed by atoms with E-state index in [2.05, 4.69) is 63.8 Å². The molecule has 36 heteroatoms. The van der Waals surface area contributed by atoms with Gasteiger partial charge in [0.15, 0.2) is 28.6 Å². The Kier molecular flexibility index (Phi) is 27.8. The molecule has 2 fully saturated rings. The van der Waals surface area contributed by atoms with Crippen LogP contribution in [0, 0.1) is 16.2 Å². The maximum absolute atomic E-state index is 15.1. The SMILES string of the molecule is C[C@@H](O)[C@H]1NC(=O)[C@@H](CCCNC(=N)N)NC(=O)[C@@H](CCCNC(=N)N)NC(=O)[C@H](CCC(=O)N[C@@H](CCCCNC(=S)Nc2ccc3c(c2)C(=O)OC32c3ccc(O)cc3Oc3cc(O)ccc32)C(N)=O)NC(=O)[C@H](CCCNC(=N)N)NC(=O)[C@H](Cc2ccc3ccccc3c2)NC(=O)[C@@H]2CCCCN2C1=O. The van der Waals surface area contributed by atoms with Crippen LogP contribution in [0.1, 0.15) is 129 Å². The summed E-state index contributed by atoms with van der Waals surface area (Å²) < 4.78 is 12.2. The number of primary amides is 1. The molecule has 4 heterocycles. The molecule has 9 atom stereocenters. The van der Waals surface area contributed by atoms with Crippen LogP contribution in [0.3, 0.4) is 0 Å². The number of aromatic hydroxyl groups is 2. The van der Waals surface area contributed by atoms with E-state index in [1.807, 2.05) is 36.4 Å². The second-order valence-corrected chi connectivity index (χ2v) is 27.5. The molecule has 9 rings (SSSR count). The van der Waals surface area contributed by atoms with E-state index in [0.29, 0.717) is 53.6 Å². The van der Waals surface area contributed by atoms with Crippen molar-refractivity contribution in [3.8, 4) is 23.0 Å². The van der Waals surface area contributed by atoms with E-state index in [0.717, 1.165) is 10.8 Å². The van der Waals surface area contributed by atoms with Crippen molar-refractivity contribution in [1.82, 2.24) is 63.4 Å². The Morgan fingerprint density at radius 1 is 0.596 bits per heavy atom. The number of hydrogen-bond acceptors (Lipinski definition) is 19. The average Bonchev–Trinajstić information content (AvgIpc) is 1.59.